The van der Waals surface area contributed by atoms with E-state index < -0.39 is 5.97 Å². The topological polar surface area (TPSA) is 40.5 Å². The van der Waals surface area contributed by atoms with Crippen LogP contribution in [0.1, 0.15) is 51.0 Å². The van der Waals surface area contributed by atoms with Crippen molar-refractivity contribution in [3.8, 4) is 0 Å². The molecule has 1 atom stereocenters. The number of benzene rings is 1. The van der Waals surface area contributed by atoms with E-state index in [1.807, 2.05) is 12.1 Å². The molecule has 116 valence electrons. The third-order valence-electron chi connectivity index (χ3n) is 4.62. The average Bonchev–Trinajstić information content (AvgIpc) is 2.75. The van der Waals surface area contributed by atoms with Crippen LogP contribution in [-0.2, 0) is 10.3 Å². The van der Waals surface area contributed by atoms with Crippen LogP contribution in [0.4, 0.5) is 0 Å². The predicted molar refractivity (Wildman–Crippen MR) is 88.4 cm³/mol. The molecular formula is C17H24BrNO2. The van der Waals surface area contributed by atoms with Gasteiger partial charge in [0.15, 0.2) is 0 Å². The van der Waals surface area contributed by atoms with Gasteiger partial charge < -0.3 is 5.11 Å². The van der Waals surface area contributed by atoms with Gasteiger partial charge in [-0.1, -0.05) is 47.8 Å². The first-order chi connectivity index (χ1) is 10.1. The molecule has 1 aliphatic heterocycles. The van der Waals surface area contributed by atoms with E-state index in [4.69, 9.17) is 0 Å². The van der Waals surface area contributed by atoms with Crippen LogP contribution in [0.5, 0.6) is 0 Å². The lowest BCUT2D eigenvalue weighted by atomic mass is 9.82. The van der Waals surface area contributed by atoms with Crippen molar-refractivity contribution in [2.24, 2.45) is 0 Å². The maximum Gasteiger partial charge on any atom is 0.305 e. The molecule has 4 heteroatoms. The zero-order chi connectivity index (χ0) is 15.3. The number of carbonyl (C=O) groups is 1. The van der Waals surface area contributed by atoms with Crippen LogP contribution in [0.15, 0.2) is 28.7 Å². The van der Waals surface area contributed by atoms with E-state index in [9.17, 15) is 9.90 Å². The number of nitrogens with zero attached hydrogens (tertiary/aromatic N) is 1. The SMILES string of the molecule is CCC(CC(=O)O)(c1ccc(Br)cc1)N1CCCCCC1. The van der Waals surface area contributed by atoms with Gasteiger partial charge in [0, 0.05) is 4.47 Å². The predicted octanol–water partition coefficient (Wildman–Crippen LogP) is 4.41. The summed E-state index contributed by atoms with van der Waals surface area (Å²) in [6, 6.07) is 8.17. The summed E-state index contributed by atoms with van der Waals surface area (Å²) in [5, 5.41) is 9.46. The normalized spacial score (nSPS) is 19.7. The number of likely N-dealkylation sites (tertiary alicyclic amines) is 1. The van der Waals surface area contributed by atoms with Gasteiger partial charge in [0.25, 0.3) is 0 Å². The number of aliphatic carboxylic acids is 1. The standard InChI is InChI=1S/C17H24BrNO2/c1-2-17(13-16(20)21,14-7-9-15(18)10-8-14)19-11-5-3-4-6-12-19/h7-10H,2-6,11-13H2,1H3,(H,20,21). The number of hydrogen-bond donors (Lipinski definition) is 1. The zero-order valence-electron chi connectivity index (χ0n) is 12.6. The molecule has 1 aromatic rings. The first kappa shape index (κ1) is 16.5. The number of rotatable bonds is 5. The summed E-state index contributed by atoms with van der Waals surface area (Å²) >= 11 is 3.46. The van der Waals surface area contributed by atoms with Crippen molar-refractivity contribution in [2.45, 2.75) is 51.0 Å². The van der Waals surface area contributed by atoms with Crippen molar-refractivity contribution in [1.82, 2.24) is 4.90 Å². The molecule has 0 saturated carbocycles. The molecule has 2 rings (SSSR count). The first-order valence-corrected chi connectivity index (χ1v) is 8.60. The van der Waals surface area contributed by atoms with Gasteiger partial charge >= 0.3 is 5.97 Å². The third-order valence-corrected chi connectivity index (χ3v) is 5.15. The van der Waals surface area contributed by atoms with Crippen molar-refractivity contribution in [3.63, 3.8) is 0 Å². The van der Waals surface area contributed by atoms with Crippen molar-refractivity contribution >= 4 is 21.9 Å². The largest absolute Gasteiger partial charge is 0.481 e. The molecule has 0 bridgehead atoms. The summed E-state index contributed by atoms with van der Waals surface area (Å²) in [5.41, 5.74) is 0.745. The van der Waals surface area contributed by atoms with Crippen molar-refractivity contribution < 1.29 is 9.90 Å². The average molecular weight is 354 g/mol. The number of carboxylic acids is 1. The quantitative estimate of drug-likeness (QED) is 0.852. The summed E-state index contributed by atoms with van der Waals surface area (Å²) in [6.45, 7) is 4.10. The van der Waals surface area contributed by atoms with Gasteiger partial charge in [-0.2, -0.15) is 0 Å². The van der Waals surface area contributed by atoms with Crippen LogP contribution >= 0.6 is 15.9 Å². The summed E-state index contributed by atoms with van der Waals surface area (Å²) in [5.74, 6) is -0.719. The maximum absolute atomic E-state index is 11.5. The smallest absolute Gasteiger partial charge is 0.305 e. The molecular weight excluding hydrogens is 330 g/mol. The van der Waals surface area contributed by atoms with Gasteiger partial charge in [-0.3, -0.25) is 9.69 Å². The monoisotopic (exact) mass is 353 g/mol. The first-order valence-electron chi connectivity index (χ1n) is 7.81. The van der Waals surface area contributed by atoms with Crippen LogP contribution < -0.4 is 0 Å². The second-order valence-corrected chi connectivity index (χ2v) is 6.78. The fourth-order valence-corrected chi connectivity index (χ4v) is 3.72. The zero-order valence-corrected chi connectivity index (χ0v) is 14.2. The fraction of sp³-hybridized carbons (Fsp3) is 0.588. The van der Waals surface area contributed by atoms with Gasteiger partial charge in [-0.05, 0) is 50.0 Å². The van der Waals surface area contributed by atoms with Crippen LogP contribution in [0.2, 0.25) is 0 Å². The maximum atomic E-state index is 11.5. The van der Waals surface area contributed by atoms with Gasteiger partial charge in [0.1, 0.15) is 0 Å². The van der Waals surface area contributed by atoms with Gasteiger partial charge in [-0.25, -0.2) is 0 Å². The Balaban J connectivity index is 2.40. The lowest BCUT2D eigenvalue weighted by Gasteiger charge is -2.43. The van der Waals surface area contributed by atoms with Gasteiger partial charge in [0.2, 0.25) is 0 Å². The molecule has 1 fully saturated rings. The van der Waals surface area contributed by atoms with Gasteiger partial charge in [-0.15, -0.1) is 0 Å². The van der Waals surface area contributed by atoms with Crippen LogP contribution in [-0.4, -0.2) is 29.1 Å². The molecule has 1 saturated heterocycles. The van der Waals surface area contributed by atoms with Crippen molar-refractivity contribution in [2.75, 3.05) is 13.1 Å². The Morgan fingerprint density at radius 3 is 2.24 bits per heavy atom. The van der Waals surface area contributed by atoms with Crippen molar-refractivity contribution in [1.29, 1.82) is 0 Å². The Bertz CT molecular complexity index is 466. The van der Waals surface area contributed by atoms with E-state index in [2.05, 4.69) is 39.9 Å². The minimum absolute atomic E-state index is 0.172. The van der Waals surface area contributed by atoms with Crippen LogP contribution in [0.25, 0.3) is 0 Å². The van der Waals surface area contributed by atoms with E-state index in [1.165, 1.54) is 12.8 Å². The molecule has 1 aromatic carbocycles. The fourth-order valence-electron chi connectivity index (χ4n) is 3.46. The molecule has 0 spiro atoms. The highest BCUT2D eigenvalue weighted by molar-refractivity contribution is 9.10. The highest BCUT2D eigenvalue weighted by atomic mass is 79.9. The second-order valence-electron chi connectivity index (χ2n) is 5.86. The van der Waals surface area contributed by atoms with E-state index in [0.29, 0.717) is 0 Å². The van der Waals surface area contributed by atoms with Gasteiger partial charge in [0.05, 0.1) is 12.0 Å². The Labute approximate surface area is 135 Å². The molecule has 1 unspecified atom stereocenters. The molecule has 1 heterocycles. The number of hydrogen-bond acceptors (Lipinski definition) is 2. The number of carboxylic acid groups (broad SMARTS) is 1. The number of halogens is 1. The molecule has 3 nitrogen and oxygen atoms in total. The van der Waals surface area contributed by atoms with E-state index in [0.717, 1.165) is 42.4 Å². The lowest BCUT2D eigenvalue weighted by molar-refractivity contribution is -0.141. The third kappa shape index (κ3) is 3.86. The Morgan fingerprint density at radius 2 is 1.76 bits per heavy atom. The lowest BCUT2D eigenvalue weighted by Crippen LogP contribution is -2.47. The van der Waals surface area contributed by atoms with Crippen LogP contribution in [0, 0.1) is 0 Å². The molecule has 0 aliphatic carbocycles. The molecule has 0 radical (unpaired) electrons. The molecule has 21 heavy (non-hydrogen) atoms. The highest BCUT2D eigenvalue weighted by Gasteiger charge is 2.39. The Morgan fingerprint density at radius 1 is 1.19 bits per heavy atom. The second kappa shape index (κ2) is 7.41. The molecule has 0 aromatic heterocycles. The molecule has 1 aliphatic rings. The van der Waals surface area contributed by atoms with Crippen LogP contribution in [0.3, 0.4) is 0 Å². The van der Waals surface area contributed by atoms with Crippen molar-refractivity contribution in [3.05, 3.63) is 34.3 Å². The van der Waals surface area contributed by atoms with E-state index in [-0.39, 0.29) is 12.0 Å². The summed E-state index contributed by atoms with van der Waals surface area (Å²) in [6.07, 6.45) is 5.83. The molecule has 1 N–H and O–H groups in total. The van der Waals surface area contributed by atoms with E-state index >= 15 is 0 Å². The summed E-state index contributed by atoms with van der Waals surface area (Å²) < 4.78 is 1.03. The summed E-state index contributed by atoms with van der Waals surface area (Å²) in [4.78, 5) is 13.9. The highest BCUT2D eigenvalue weighted by Crippen LogP contribution is 2.37. The Hall–Kier alpha value is -0.870. The minimum atomic E-state index is -0.719. The van der Waals surface area contributed by atoms with E-state index in [1.54, 1.807) is 0 Å². The minimum Gasteiger partial charge on any atom is -0.481 e. The Kier molecular flexibility index (Phi) is 5.82. The molecule has 0 amide bonds. The summed E-state index contributed by atoms with van der Waals surface area (Å²) in [7, 11) is 0.